The lowest BCUT2D eigenvalue weighted by molar-refractivity contribution is -0.117. The topological polar surface area (TPSA) is 58.4 Å². The van der Waals surface area contributed by atoms with Gasteiger partial charge < -0.3 is 10.0 Å². The van der Waals surface area contributed by atoms with E-state index in [2.05, 4.69) is 5.10 Å². The summed E-state index contributed by atoms with van der Waals surface area (Å²) in [6.07, 6.45) is 1.58. The first-order chi connectivity index (χ1) is 8.13. The highest BCUT2D eigenvalue weighted by Gasteiger charge is 2.29. The summed E-state index contributed by atoms with van der Waals surface area (Å²) >= 11 is 0. The number of hydrogen-bond acceptors (Lipinski definition) is 3. The molecular weight excluding hydrogens is 218 g/mol. The van der Waals surface area contributed by atoms with E-state index in [4.69, 9.17) is 0 Å². The van der Waals surface area contributed by atoms with Crippen molar-refractivity contribution < 1.29 is 9.90 Å². The van der Waals surface area contributed by atoms with Crippen LogP contribution in [0.2, 0.25) is 0 Å². The van der Waals surface area contributed by atoms with Crippen molar-refractivity contribution in [2.24, 2.45) is 7.05 Å². The van der Waals surface area contributed by atoms with Gasteiger partial charge >= 0.3 is 0 Å². The monoisotopic (exact) mass is 231 g/mol. The lowest BCUT2D eigenvalue weighted by atomic mass is 10.2. The van der Waals surface area contributed by atoms with Gasteiger partial charge in [0.25, 0.3) is 0 Å². The van der Waals surface area contributed by atoms with Gasteiger partial charge in [0.05, 0.1) is 24.6 Å². The fraction of sp³-hybridized carbons (Fsp3) is 0.333. The second kappa shape index (κ2) is 3.56. The van der Waals surface area contributed by atoms with Gasteiger partial charge in [-0.25, -0.2) is 0 Å². The smallest absolute Gasteiger partial charge is 0.229 e. The van der Waals surface area contributed by atoms with Crippen LogP contribution in [0.15, 0.2) is 24.4 Å². The number of carbonyl (C=O) groups is 1. The molecule has 5 nitrogen and oxygen atoms in total. The van der Waals surface area contributed by atoms with Gasteiger partial charge in [0.1, 0.15) is 0 Å². The predicted octanol–water partition coefficient (Wildman–Crippen LogP) is 0.671. The van der Waals surface area contributed by atoms with Gasteiger partial charge in [-0.3, -0.25) is 9.48 Å². The minimum atomic E-state index is -0.549. The Bertz CT molecular complexity index is 590. The number of fused-ring (bicyclic) bond motifs is 1. The Morgan fingerprint density at radius 3 is 3.00 bits per heavy atom. The molecule has 1 atom stereocenters. The molecule has 1 aromatic heterocycles. The number of aryl methyl sites for hydroxylation is 1. The van der Waals surface area contributed by atoms with Crippen LogP contribution in [0.4, 0.5) is 5.69 Å². The quantitative estimate of drug-likeness (QED) is 0.784. The largest absolute Gasteiger partial charge is 0.391 e. The molecule has 1 N–H and O–H groups in total. The van der Waals surface area contributed by atoms with E-state index in [1.54, 1.807) is 9.58 Å². The van der Waals surface area contributed by atoms with E-state index < -0.39 is 6.10 Å². The molecule has 1 fully saturated rings. The SMILES string of the molecule is Cn1cc2cc(N3CC(O)CC3=O)ccc2n1. The number of hydrogen-bond donors (Lipinski definition) is 1. The minimum Gasteiger partial charge on any atom is -0.391 e. The number of amides is 1. The second-order valence-corrected chi connectivity index (χ2v) is 4.41. The molecule has 1 amide bonds. The summed E-state index contributed by atoms with van der Waals surface area (Å²) in [6, 6.07) is 5.69. The van der Waals surface area contributed by atoms with Gasteiger partial charge in [0, 0.05) is 24.3 Å². The van der Waals surface area contributed by atoms with E-state index >= 15 is 0 Å². The number of β-amino-alcohol motifs (C(OH)–C–C–N with tert-alkyl or cyclic N) is 1. The van der Waals surface area contributed by atoms with Crippen LogP contribution in [0, 0.1) is 0 Å². The lowest BCUT2D eigenvalue weighted by Gasteiger charge is -2.15. The van der Waals surface area contributed by atoms with Crippen LogP contribution in [0.1, 0.15) is 6.42 Å². The summed E-state index contributed by atoms with van der Waals surface area (Å²) in [5.41, 5.74) is 1.73. The van der Waals surface area contributed by atoms with Gasteiger partial charge in [-0.2, -0.15) is 5.10 Å². The number of rotatable bonds is 1. The van der Waals surface area contributed by atoms with E-state index in [0.717, 1.165) is 16.6 Å². The van der Waals surface area contributed by atoms with Crippen molar-refractivity contribution in [3.63, 3.8) is 0 Å². The number of carbonyl (C=O) groups excluding carboxylic acids is 1. The number of aliphatic hydroxyl groups is 1. The molecule has 2 aromatic rings. The van der Waals surface area contributed by atoms with E-state index in [9.17, 15) is 9.90 Å². The van der Waals surface area contributed by atoms with Crippen molar-refractivity contribution in [1.29, 1.82) is 0 Å². The molecular formula is C12H13N3O2. The van der Waals surface area contributed by atoms with Crippen molar-refractivity contribution in [3.05, 3.63) is 24.4 Å². The molecule has 1 aromatic carbocycles. The third-order valence-electron chi connectivity index (χ3n) is 3.02. The number of benzene rings is 1. The van der Waals surface area contributed by atoms with Gasteiger partial charge in [-0.05, 0) is 18.2 Å². The first-order valence-electron chi connectivity index (χ1n) is 5.55. The molecule has 0 bridgehead atoms. The summed E-state index contributed by atoms with van der Waals surface area (Å²) in [6.45, 7) is 0.380. The average Bonchev–Trinajstić information content (AvgIpc) is 2.78. The van der Waals surface area contributed by atoms with Crippen LogP contribution < -0.4 is 4.90 Å². The highest BCUT2D eigenvalue weighted by Crippen LogP contribution is 2.25. The van der Waals surface area contributed by atoms with Gasteiger partial charge in [-0.1, -0.05) is 0 Å². The molecule has 0 radical (unpaired) electrons. The molecule has 3 rings (SSSR count). The zero-order chi connectivity index (χ0) is 12.0. The molecule has 88 valence electrons. The Kier molecular flexibility index (Phi) is 2.16. The number of aromatic nitrogens is 2. The molecule has 1 aliphatic rings. The standard InChI is InChI=1S/C12H13N3O2/c1-14-6-8-4-9(2-3-11(8)13-14)15-7-10(16)5-12(15)17/h2-4,6,10,16H,5,7H2,1H3. The zero-order valence-corrected chi connectivity index (χ0v) is 9.50. The maximum Gasteiger partial charge on any atom is 0.229 e. The fourth-order valence-corrected chi connectivity index (χ4v) is 2.24. The summed E-state index contributed by atoms with van der Waals surface area (Å²) in [5.74, 6) is -0.0271. The first kappa shape index (κ1) is 10.3. The summed E-state index contributed by atoms with van der Waals surface area (Å²) in [5, 5.41) is 14.7. The second-order valence-electron chi connectivity index (χ2n) is 4.41. The zero-order valence-electron chi connectivity index (χ0n) is 9.50. The van der Waals surface area contributed by atoms with E-state index in [1.807, 2.05) is 31.4 Å². The van der Waals surface area contributed by atoms with Crippen molar-refractivity contribution in [2.75, 3.05) is 11.4 Å². The third kappa shape index (κ3) is 1.68. The summed E-state index contributed by atoms with van der Waals surface area (Å²) in [4.78, 5) is 13.3. The molecule has 2 heterocycles. The molecule has 0 spiro atoms. The lowest BCUT2D eigenvalue weighted by Crippen LogP contribution is -2.25. The molecule has 1 aliphatic heterocycles. The Morgan fingerprint density at radius 2 is 2.29 bits per heavy atom. The van der Waals surface area contributed by atoms with Crippen molar-refractivity contribution in [3.8, 4) is 0 Å². The van der Waals surface area contributed by atoms with Crippen molar-refractivity contribution >= 4 is 22.5 Å². The normalized spacial score (nSPS) is 20.5. The van der Waals surface area contributed by atoms with Crippen LogP contribution in [0.25, 0.3) is 10.9 Å². The van der Waals surface area contributed by atoms with Gasteiger partial charge in [0.15, 0.2) is 0 Å². The highest BCUT2D eigenvalue weighted by atomic mass is 16.3. The molecule has 17 heavy (non-hydrogen) atoms. The van der Waals surface area contributed by atoms with E-state index in [1.165, 1.54) is 0 Å². The Labute approximate surface area is 98.3 Å². The Hall–Kier alpha value is -1.88. The molecule has 1 saturated heterocycles. The van der Waals surface area contributed by atoms with Crippen LogP contribution in [-0.2, 0) is 11.8 Å². The number of anilines is 1. The molecule has 1 unspecified atom stereocenters. The minimum absolute atomic E-state index is 0.0271. The number of aliphatic hydroxyl groups excluding tert-OH is 1. The van der Waals surface area contributed by atoms with Crippen LogP contribution in [0.3, 0.4) is 0 Å². The average molecular weight is 231 g/mol. The summed E-state index contributed by atoms with van der Waals surface area (Å²) in [7, 11) is 1.87. The van der Waals surface area contributed by atoms with E-state index in [0.29, 0.717) is 6.54 Å². The highest BCUT2D eigenvalue weighted by molar-refractivity contribution is 5.98. The van der Waals surface area contributed by atoms with Crippen molar-refractivity contribution in [1.82, 2.24) is 9.78 Å². The maximum atomic E-state index is 11.7. The van der Waals surface area contributed by atoms with Gasteiger partial charge in [-0.15, -0.1) is 0 Å². The van der Waals surface area contributed by atoms with Crippen molar-refractivity contribution in [2.45, 2.75) is 12.5 Å². The first-order valence-corrected chi connectivity index (χ1v) is 5.55. The molecule has 5 heteroatoms. The van der Waals surface area contributed by atoms with Gasteiger partial charge in [0.2, 0.25) is 5.91 Å². The van der Waals surface area contributed by atoms with Crippen LogP contribution in [-0.4, -0.2) is 33.4 Å². The Balaban J connectivity index is 2.03. The Morgan fingerprint density at radius 1 is 1.47 bits per heavy atom. The molecule has 0 aliphatic carbocycles. The number of nitrogens with zero attached hydrogens (tertiary/aromatic N) is 3. The fourth-order valence-electron chi connectivity index (χ4n) is 2.24. The predicted molar refractivity (Wildman–Crippen MR) is 63.7 cm³/mol. The molecule has 0 saturated carbocycles. The summed E-state index contributed by atoms with van der Waals surface area (Å²) < 4.78 is 1.75. The third-order valence-corrected chi connectivity index (χ3v) is 3.02. The van der Waals surface area contributed by atoms with E-state index in [-0.39, 0.29) is 12.3 Å². The van der Waals surface area contributed by atoms with Crippen LogP contribution in [0.5, 0.6) is 0 Å². The van der Waals surface area contributed by atoms with Crippen LogP contribution >= 0.6 is 0 Å². The maximum absolute atomic E-state index is 11.7.